The minimum Gasteiger partial charge on any atom is -0.460 e. The lowest BCUT2D eigenvalue weighted by Gasteiger charge is -2.33. The SMILES string of the molecule is CC(C)(C)OC(=O)C[C@@H]1NCCN(CC(=O)OC(C)(C)C)C1=O. The number of esters is 2. The molecule has 1 atom stereocenters. The Morgan fingerprint density at radius 2 is 1.61 bits per heavy atom. The summed E-state index contributed by atoms with van der Waals surface area (Å²) in [6.45, 7) is 11.5. The van der Waals surface area contributed by atoms with E-state index in [1.54, 1.807) is 41.5 Å². The largest absolute Gasteiger partial charge is 0.460 e. The summed E-state index contributed by atoms with van der Waals surface area (Å²) in [7, 11) is 0. The van der Waals surface area contributed by atoms with Crippen LogP contribution in [0.2, 0.25) is 0 Å². The van der Waals surface area contributed by atoms with Crippen molar-refractivity contribution in [2.75, 3.05) is 19.6 Å². The maximum absolute atomic E-state index is 12.4. The van der Waals surface area contributed by atoms with Gasteiger partial charge in [0.25, 0.3) is 0 Å². The van der Waals surface area contributed by atoms with Gasteiger partial charge in [0.05, 0.1) is 12.5 Å². The molecule has 1 aliphatic heterocycles. The summed E-state index contributed by atoms with van der Waals surface area (Å²) in [6, 6.07) is -0.666. The lowest BCUT2D eigenvalue weighted by molar-refractivity contribution is -0.161. The summed E-state index contributed by atoms with van der Waals surface area (Å²) in [4.78, 5) is 37.5. The Balaban J connectivity index is 2.58. The molecule has 0 aliphatic carbocycles. The van der Waals surface area contributed by atoms with E-state index in [2.05, 4.69) is 5.32 Å². The molecule has 0 aromatic rings. The van der Waals surface area contributed by atoms with Crippen molar-refractivity contribution >= 4 is 17.8 Å². The zero-order valence-corrected chi connectivity index (χ0v) is 14.9. The van der Waals surface area contributed by atoms with Crippen molar-refractivity contribution in [3.8, 4) is 0 Å². The standard InChI is InChI=1S/C16H28N2O5/c1-15(2,3)22-12(19)9-11-14(21)18(8-7-17-11)10-13(20)23-16(4,5)6/h11,17H,7-10H2,1-6H3/t11-/m0/s1. The predicted octanol–water partition coefficient (Wildman–Crippen LogP) is 0.860. The average Bonchev–Trinajstić information content (AvgIpc) is 2.29. The van der Waals surface area contributed by atoms with Crippen molar-refractivity contribution in [1.29, 1.82) is 0 Å². The normalized spacial score (nSPS) is 19.5. The molecule has 1 aliphatic rings. The quantitative estimate of drug-likeness (QED) is 0.771. The van der Waals surface area contributed by atoms with E-state index in [0.717, 1.165) is 0 Å². The molecule has 132 valence electrons. The monoisotopic (exact) mass is 328 g/mol. The third kappa shape index (κ3) is 7.45. The molecule has 1 heterocycles. The van der Waals surface area contributed by atoms with Gasteiger partial charge in [-0.3, -0.25) is 14.4 Å². The van der Waals surface area contributed by atoms with Crippen molar-refractivity contribution in [2.24, 2.45) is 0 Å². The van der Waals surface area contributed by atoms with Gasteiger partial charge in [0.2, 0.25) is 5.91 Å². The number of nitrogens with zero attached hydrogens (tertiary/aromatic N) is 1. The first kappa shape index (κ1) is 19.4. The molecular formula is C16H28N2O5. The number of carbonyl (C=O) groups is 3. The Bertz CT molecular complexity index is 422. The second-order valence-electron chi connectivity index (χ2n) is 7.64. The predicted molar refractivity (Wildman–Crippen MR) is 84.7 cm³/mol. The van der Waals surface area contributed by atoms with Crippen LogP contribution in [0.3, 0.4) is 0 Å². The van der Waals surface area contributed by atoms with E-state index in [1.807, 2.05) is 0 Å². The van der Waals surface area contributed by atoms with Crippen molar-refractivity contribution in [2.45, 2.75) is 65.2 Å². The van der Waals surface area contributed by atoms with E-state index in [4.69, 9.17) is 9.47 Å². The fraction of sp³-hybridized carbons (Fsp3) is 0.812. The molecule has 23 heavy (non-hydrogen) atoms. The van der Waals surface area contributed by atoms with Gasteiger partial charge in [-0.2, -0.15) is 0 Å². The summed E-state index contributed by atoms with van der Waals surface area (Å²) in [5.41, 5.74) is -1.19. The third-order valence-electron chi connectivity index (χ3n) is 2.91. The first-order valence-corrected chi connectivity index (χ1v) is 7.83. The first-order valence-electron chi connectivity index (χ1n) is 7.83. The van der Waals surface area contributed by atoms with Crippen LogP contribution in [-0.4, -0.2) is 59.6 Å². The van der Waals surface area contributed by atoms with Crippen LogP contribution in [0.25, 0.3) is 0 Å². The van der Waals surface area contributed by atoms with Crippen LogP contribution in [0.5, 0.6) is 0 Å². The van der Waals surface area contributed by atoms with Gasteiger partial charge in [0.15, 0.2) is 0 Å². The van der Waals surface area contributed by atoms with Crippen molar-refractivity contribution in [3.05, 3.63) is 0 Å². The number of hydrogen-bond donors (Lipinski definition) is 1. The zero-order valence-electron chi connectivity index (χ0n) is 14.9. The van der Waals surface area contributed by atoms with Crippen molar-refractivity contribution in [3.63, 3.8) is 0 Å². The van der Waals surface area contributed by atoms with Crippen LogP contribution in [0.15, 0.2) is 0 Å². The summed E-state index contributed by atoms with van der Waals surface area (Å²) >= 11 is 0. The molecular weight excluding hydrogens is 300 g/mol. The third-order valence-corrected chi connectivity index (χ3v) is 2.91. The van der Waals surface area contributed by atoms with Gasteiger partial charge in [-0.05, 0) is 41.5 Å². The van der Waals surface area contributed by atoms with E-state index >= 15 is 0 Å². The number of ether oxygens (including phenoxy) is 2. The lowest BCUT2D eigenvalue weighted by Crippen LogP contribution is -2.57. The molecule has 1 saturated heterocycles. The number of carbonyl (C=O) groups excluding carboxylic acids is 3. The van der Waals surface area contributed by atoms with Crippen LogP contribution in [0.4, 0.5) is 0 Å². The van der Waals surface area contributed by atoms with Crippen LogP contribution < -0.4 is 5.32 Å². The van der Waals surface area contributed by atoms with Gasteiger partial charge < -0.3 is 19.7 Å². The molecule has 1 N–H and O–H groups in total. The highest BCUT2D eigenvalue weighted by Gasteiger charge is 2.33. The molecule has 0 bridgehead atoms. The molecule has 1 fully saturated rings. The first-order chi connectivity index (χ1) is 10.4. The maximum Gasteiger partial charge on any atom is 0.326 e. The van der Waals surface area contributed by atoms with Gasteiger partial charge in [0, 0.05) is 13.1 Å². The number of piperazine rings is 1. The van der Waals surface area contributed by atoms with Gasteiger partial charge in [-0.25, -0.2) is 0 Å². The Morgan fingerprint density at radius 1 is 1.09 bits per heavy atom. The Kier molecular flexibility index (Phi) is 6.16. The molecule has 0 saturated carbocycles. The van der Waals surface area contributed by atoms with Gasteiger partial charge in [-0.15, -0.1) is 0 Å². The lowest BCUT2D eigenvalue weighted by atomic mass is 10.1. The molecule has 1 amide bonds. The number of amides is 1. The zero-order chi connectivity index (χ0) is 17.8. The molecule has 0 unspecified atom stereocenters. The maximum atomic E-state index is 12.4. The summed E-state index contributed by atoms with van der Waals surface area (Å²) in [5.74, 6) is -1.18. The van der Waals surface area contributed by atoms with Gasteiger partial charge in [-0.1, -0.05) is 0 Å². The minimum absolute atomic E-state index is 0.0546. The molecule has 1 rings (SSSR count). The Hall–Kier alpha value is -1.63. The van der Waals surface area contributed by atoms with Crippen LogP contribution >= 0.6 is 0 Å². The van der Waals surface area contributed by atoms with E-state index in [1.165, 1.54) is 4.90 Å². The summed E-state index contributed by atoms with van der Waals surface area (Å²) in [5, 5.41) is 2.99. The van der Waals surface area contributed by atoms with Gasteiger partial charge >= 0.3 is 11.9 Å². The van der Waals surface area contributed by atoms with E-state index in [0.29, 0.717) is 13.1 Å². The van der Waals surface area contributed by atoms with E-state index < -0.39 is 29.2 Å². The van der Waals surface area contributed by atoms with Crippen molar-refractivity contribution < 1.29 is 23.9 Å². The smallest absolute Gasteiger partial charge is 0.326 e. The minimum atomic E-state index is -0.666. The second kappa shape index (κ2) is 7.29. The summed E-state index contributed by atoms with van der Waals surface area (Å²) < 4.78 is 10.5. The van der Waals surface area contributed by atoms with E-state index in [-0.39, 0.29) is 18.9 Å². The number of nitrogens with one attached hydrogen (secondary N) is 1. The number of hydrogen-bond acceptors (Lipinski definition) is 6. The fourth-order valence-corrected chi connectivity index (χ4v) is 2.19. The molecule has 0 aromatic carbocycles. The van der Waals surface area contributed by atoms with Crippen LogP contribution in [0, 0.1) is 0 Å². The van der Waals surface area contributed by atoms with E-state index in [9.17, 15) is 14.4 Å². The second-order valence-corrected chi connectivity index (χ2v) is 7.64. The highest BCUT2D eigenvalue weighted by atomic mass is 16.6. The topological polar surface area (TPSA) is 84.9 Å². The Morgan fingerprint density at radius 3 is 2.13 bits per heavy atom. The highest BCUT2D eigenvalue weighted by molar-refractivity contribution is 5.89. The van der Waals surface area contributed by atoms with Crippen molar-refractivity contribution in [1.82, 2.24) is 10.2 Å². The average molecular weight is 328 g/mol. The fourth-order valence-electron chi connectivity index (χ4n) is 2.19. The summed E-state index contributed by atoms with van der Waals surface area (Å²) in [6.07, 6.45) is -0.0546. The van der Waals surface area contributed by atoms with Gasteiger partial charge in [0.1, 0.15) is 17.7 Å². The molecule has 0 radical (unpaired) electrons. The Labute approximate surface area is 137 Å². The molecule has 7 nitrogen and oxygen atoms in total. The number of rotatable bonds is 4. The van der Waals surface area contributed by atoms with Crippen LogP contribution in [0.1, 0.15) is 48.0 Å². The molecule has 0 spiro atoms. The molecule has 7 heteroatoms. The molecule has 0 aromatic heterocycles. The highest BCUT2D eigenvalue weighted by Crippen LogP contribution is 2.13. The van der Waals surface area contributed by atoms with Crippen LogP contribution in [-0.2, 0) is 23.9 Å².